The third kappa shape index (κ3) is 3.65. The molecule has 0 radical (unpaired) electrons. The summed E-state index contributed by atoms with van der Waals surface area (Å²) in [6.07, 6.45) is 4.81. The SMILES string of the molecule is CC(C)CC(CO)NC(=O)C1(c2ccccc2)CCCC1. The Kier molecular flexibility index (Phi) is 5.40. The number of amides is 1. The van der Waals surface area contributed by atoms with E-state index >= 15 is 0 Å². The fourth-order valence-corrected chi connectivity index (χ4v) is 3.45. The van der Waals surface area contributed by atoms with Crippen molar-refractivity contribution in [3.05, 3.63) is 35.9 Å². The van der Waals surface area contributed by atoms with Gasteiger partial charge in [-0.25, -0.2) is 0 Å². The van der Waals surface area contributed by atoms with Gasteiger partial charge in [0.15, 0.2) is 0 Å². The minimum atomic E-state index is -0.397. The van der Waals surface area contributed by atoms with Crippen LogP contribution in [0.15, 0.2) is 30.3 Å². The molecule has 3 heteroatoms. The summed E-state index contributed by atoms with van der Waals surface area (Å²) in [5.41, 5.74) is 0.715. The van der Waals surface area contributed by atoms with Crippen LogP contribution >= 0.6 is 0 Å². The zero-order chi connectivity index (χ0) is 15.3. The van der Waals surface area contributed by atoms with Gasteiger partial charge in [0.25, 0.3) is 0 Å². The molecule has 2 N–H and O–H groups in total. The van der Waals surface area contributed by atoms with E-state index in [0.717, 1.165) is 37.7 Å². The van der Waals surface area contributed by atoms with Gasteiger partial charge >= 0.3 is 0 Å². The molecule has 21 heavy (non-hydrogen) atoms. The highest BCUT2D eigenvalue weighted by Gasteiger charge is 2.43. The number of aliphatic hydroxyl groups excluding tert-OH is 1. The maximum Gasteiger partial charge on any atom is 0.230 e. The van der Waals surface area contributed by atoms with E-state index in [2.05, 4.69) is 31.3 Å². The van der Waals surface area contributed by atoms with Crippen LogP contribution in [0.5, 0.6) is 0 Å². The Morgan fingerprint density at radius 2 is 1.86 bits per heavy atom. The lowest BCUT2D eigenvalue weighted by molar-refractivity contribution is -0.127. The topological polar surface area (TPSA) is 49.3 Å². The van der Waals surface area contributed by atoms with Gasteiger partial charge in [0, 0.05) is 0 Å². The predicted octanol–water partition coefficient (Wildman–Crippen LogP) is 3.02. The van der Waals surface area contributed by atoms with Gasteiger partial charge in [0.05, 0.1) is 18.1 Å². The van der Waals surface area contributed by atoms with Crippen LogP contribution in [-0.2, 0) is 10.2 Å². The van der Waals surface area contributed by atoms with Gasteiger partial charge in [-0.1, -0.05) is 57.0 Å². The zero-order valence-electron chi connectivity index (χ0n) is 13.1. The third-order valence-electron chi connectivity index (χ3n) is 4.53. The first-order chi connectivity index (χ1) is 10.1. The van der Waals surface area contributed by atoms with Crippen molar-refractivity contribution >= 4 is 5.91 Å². The molecule has 1 aliphatic rings. The molecule has 1 aromatic rings. The number of nitrogens with one attached hydrogen (secondary N) is 1. The lowest BCUT2D eigenvalue weighted by atomic mass is 9.77. The van der Waals surface area contributed by atoms with E-state index in [1.807, 2.05) is 18.2 Å². The van der Waals surface area contributed by atoms with E-state index < -0.39 is 5.41 Å². The van der Waals surface area contributed by atoms with Crippen molar-refractivity contribution < 1.29 is 9.90 Å². The molecule has 0 aromatic heterocycles. The molecule has 116 valence electrons. The van der Waals surface area contributed by atoms with E-state index in [1.54, 1.807) is 0 Å². The summed E-state index contributed by atoms with van der Waals surface area (Å²) in [5, 5.41) is 12.6. The number of aliphatic hydroxyl groups is 1. The summed E-state index contributed by atoms with van der Waals surface area (Å²) < 4.78 is 0. The molecule has 1 saturated carbocycles. The fraction of sp³-hybridized carbons (Fsp3) is 0.611. The molecule has 0 spiro atoms. The Hall–Kier alpha value is -1.35. The molecule has 1 atom stereocenters. The Labute approximate surface area is 127 Å². The van der Waals surface area contributed by atoms with Gasteiger partial charge in [0.2, 0.25) is 5.91 Å². The van der Waals surface area contributed by atoms with Crippen LogP contribution in [0.25, 0.3) is 0 Å². The first kappa shape index (κ1) is 16.0. The fourth-order valence-electron chi connectivity index (χ4n) is 3.45. The van der Waals surface area contributed by atoms with Crippen LogP contribution in [0.3, 0.4) is 0 Å². The second-order valence-corrected chi connectivity index (χ2v) is 6.64. The summed E-state index contributed by atoms with van der Waals surface area (Å²) >= 11 is 0. The number of hydrogen-bond acceptors (Lipinski definition) is 2. The third-order valence-corrected chi connectivity index (χ3v) is 4.53. The van der Waals surface area contributed by atoms with E-state index in [-0.39, 0.29) is 18.6 Å². The van der Waals surface area contributed by atoms with Gasteiger partial charge in [-0.05, 0) is 30.7 Å². The molecule has 0 saturated heterocycles. The monoisotopic (exact) mass is 289 g/mol. The van der Waals surface area contributed by atoms with E-state index in [1.165, 1.54) is 0 Å². The van der Waals surface area contributed by atoms with Gasteiger partial charge in [-0.15, -0.1) is 0 Å². The molecular weight excluding hydrogens is 262 g/mol. The van der Waals surface area contributed by atoms with Gasteiger partial charge in [-0.3, -0.25) is 4.79 Å². The Bertz CT molecular complexity index is 450. The van der Waals surface area contributed by atoms with Crippen LogP contribution < -0.4 is 5.32 Å². The molecule has 0 aliphatic heterocycles. The Balaban J connectivity index is 2.17. The quantitative estimate of drug-likeness (QED) is 0.845. The second kappa shape index (κ2) is 7.08. The number of carbonyl (C=O) groups is 1. The zero-order valence-corrected chi connectivity index (χ0v) is 13.1. The summed E-state index contributed by atoms with van der Waals surface area (Å²) in [6, 6.07) is 9.96. The second-order valence-electron chi connectivity index (χ2n) is 6.64. The number of benzene rings is 1. The normalized spacial score (nSPS) is 18.7. The molecule has 1 aliphatic carbocycles. The molecule has 1 aromatic carbocycles. The van der Waals surface area contributed by atoms with Crippen LogP contribution in [-0.4, -0.2) is 23.7 Å². The van der Waals surface area contributed by atoms with Crippen LogP contribution in [0.4, 0.5) is 0 Å². The lowest BCUT2D eigenvalue weighted by Crippen LogP contribution is -2.48. The van der Waals surface area contributed by atoms with Gasteiger partial charge in [0.1, 0.15) is 0 Å². The number of carbonyl (C=O) groups excluding carboxylic acids is 1. The molecule has 1 amide bonds. The average Bonchev–Trinajstić information content (AvgIpc) is 2.97. The summed E-state index contributed by atoms with van der Waals surface area (Å²) in [7, 11) is 0. The Morgan fingerprint density at radius 1 is 1.24 bits per heavy atom. The molecular formula is C18H27NO2. The first-order valence-corrected chi connectivity index (χ1v) is 8.06. The molecule has 0 heterocycles. The Morgan fingerprint density at radius 3 is 2.38 bits per heavy atom. The maximum absolute atomic E-state index is 12.9. The smallest absolute Gasteiger partial charge is 0.230 e. The highest BCUT2D eigenvalue weighted by atomic mass is 16.3. The highest BCUT2D eigenvalue weighted by Crippen LogP contribution is 2.41. The highest BCUT2D eigenvalue weighted by molar-refractivity contribution is 5.88. The van der Waals surface area contributed by atoms with Crippen molar-refractivity contribution in [1.29, 1.82) is 0 Å². The summed E-state index contributed by atoms with van der Waals surface area (Å²) in [6.45, 7) is 4.23. The van der Waals surface area contributed by atoms with Gasteiger partial charge in [-0.2, -0.15) is 0 Å². The van der Waals surface area contributed by atoms with Crippen LogP contribution in [0, 0.1) is 5.92 Å². The van der Waals surface area contributed by atoms with Crippen molar-refractivity contribution in [2.45, 2.75) is 57.4 Å². The standard InChI is InChI=1S/C18H27NO2/c1-14(2)12-16(13-20)19-17(21)18(10-6-7-11-18)15-8-4-3-5-9-15/h3-5,8-9,14,16,20H,6-7,10-13H2,1-2H3,(H,19,21). The van der Waals surface area contributed by atoms with E-state index in [0.29, 0.717) is 5.92 Å². The van der Waals surface area contributed by atoms with Crippen LogP contribution in [0.2, 0.25) is 0 Å². The van der Waals surface area contributed by atoms with E-state index in [9.17, 15) is 9.90 Å². The summed E-state index contributed by atoms with van der Waals surface area (Å²) in [5.74, 6) is 0.546. The first-order valence-electron chi connectivity index (χ1n) is 8.06. The van der Waals surface area contributed by atoms with Crippen LogP contribution in [0.1, 0.15) is 51.5 Å². The van der Waals surface area contributed by atoms with Crippen molar-refractivity contribution in [1.82, 2.24) is 5.32 Å². The summed E-state index contributed by atoms with van der Waals surface area (Å²) in [4.78, 5) is 12.9. The van der Waals surface area contributed by atoms with Crippen molar-refractivity contribution in [2.24, 2.45) is 5.92 Å². The minimum absolute atomic E-state index is 0.00872. The predicted molar refractivity (Wildman–Crippen MR) is 85.1 cm³/mol. The molecule has 0 bridgehead atoms. The van der Waals surface area contributed by atoms with E-state index in [4.69, 9.17) is 0 Å². The van der Waals surface area contributed by atoms with Crippen molar-refractivity contribution in [3.63, 3.8) is 0 Å². The van der Waals surface area contributed by atoms with Gasteiger partial charge < -0.3 is 10.4 Å². The molecule has 1 fully saturated rings. The molecule has 3 nitrogen and oxygen atoms in total. The number of hydrogen-bond donors (Lipinski definition) is 2. The maximum atomic E-state index is 12.9. The molecule has 2 rings (SSSR count). The van der Waals surface area contributed by atoms with Crippen molar-refractivity contribution in [3.8, 4) is 0 Å². The van der Waals surface area contributed by atoms with Crippen molar-refractivity contribution in [2.75, 3.05) is 6.61 Å². The molecule has 1 unspecified atom stereocenters. The minimum Gasteiger partial charge on any atom is -0.394 e. The average molecular weight is 289 g/mol. The lowest BCUT2D eigenvalue weighted by Gasteiger charge is -2.31. The largest absolute Gasteiger partial charge is 0.394 e. The number of rotatable bonds is 6.